The molecule has 1 radical (unpaired) electrons. The minimum Gasteiger partial charge on any atom is -0.457 e. The Bertz CT molecular complexity index is 527. The smallest absolute Gasteiger partial charge is 0.127 e. The minimum atomic E-state index is 0.388. The van der Waals surface area contributed by atoms with E-state index in [9.17, 15) is 0 Å². The van der Waals surface area contributed by atoms with E-state index in [-0.39, 0.29) is 0 Å². The number of nitrogens with two attached hydrogens (primary N) is 1. The predicted molar refractivity (Wildman–Crippen MR) is 81.7 cm³/mol. The Morgan fingerprint density at radius 2 is 1.40 bits per heavy atom. The molecule has 1 aliphatic carbocycles. The van der Waals surface area contributed by atoms with Gasteiger partial charge in [-0.2, -0.15) is 0 Å². The van der Waals surface area contributed by atoms with Gasteiger partial charge in [-0.15, -0.1) is 0 Å². The second kappa shape index (κ2) is 6.10. The number of para-hydroxylation sites is 1. The third-order valence-corrected chi connectivity index (χ3v) is 3.88. The lowest BCUT2D eigenvalue weighted by Gasteiger charge is -2.25. The van der Waals surface area contributed by atoms with E-state index in [1.807, 2.05) is 42.5 Å². The number of benzene rings is 2. The molecule has 0 aromatic heterocycles. The third-order valence-electron chi connectivity index (χ3n) is 3.88. The lowest BCUT2D eigenvalue weighted by Crippen LogP contribution is -2.25. The fraction of sp³-hybridized carbons (Fsp3) is 0.278. The van der Waals surface area contributed by atoms with Crippen molar-refractivity contribution in [1.82, 2.24) is 0 Å². The summed E-state index contributed by atoms with van der Waals surface area (Å²) in [4.78, 5) is 0. The summed E-state index contributed by atoms with van der Waals surface area (Å²) in [5, 5.41) is 0. The average molecular weight is 266 g/mol. The molecule has 2 aromatic carbocycles. The molecule has 2 N–H and O–H groups in total. The number of rotatable bonds is 3. The third kappa shape index (κ3) is 3.20. The molecular weight excluding hydrogens is 246 g/mol. The molecule has 2 aromatic rings. The molecular formula is C18H20NO. The first-order valence-electron chi connectivity index (χ1n) is 7.25. The van der Waals surface area contributed by atoms with Crippen molar-refractivity contribution in [1.29, 1.82) is 0 Å². The van der Waals surface area contributed by atoms with Gasteiger partial charge in [0.15, 0.2) is 0 Å². The second-order valence-electron chi connectivity index (χ2n) is 5.38. The lowest BCUT2D eigenvalue weighted by atomic mass is 9.82. The molecule has 2 heteroatoms. The van der Waals surface area contributed by atoms with E-state index in [1.165, 1.54) is 11.5 Å². The van der Waals surface area contributed by atoms with Gasteiger partial charge in [0.2, 0.25) is 0 Å². The Balaban J connectivity index is 1.65. The fourth-order valence-electron chi connectivity index (χ4n) is 2.66. The SMILES string of the molecule is NC1CC[C](c2ccc(Oc3ccccc3)cc2)CC1. The van der Waals surface area contributed by atoms with Crippen molar-refractivity contribution in [3.63, 3.8) is 0 Å². The van der Waals surface area contributed by atoms with Gasteiger partial charge in [0.25, 0.3) is 0 Å². The van der Waals surface area contributed by atoms with Crippen LogP contribution in [-0.4, -0.2) is 6.04 Å². The quantitative estimate of drug-likeness (QED) is 0.898. The molecule has 0 amide bonds. The molecule has 1 saturated carbocycles. The van der Waals surface area contributed by atoms with E-state index >= 15 is 0 Å². The highest BCUT2D eigenvalue weighted by molar-refractivity contribution is 5.38. The Kier molecular flexibility index (Phi) is 4.03. The van der Waals surface area contributed by atoms with Gasteiger partial charge in [0, 0.05) is 12.0 Å². The van der Waals surface area contributed by atoms with Crippen molar-refractivity contribution in [2.24, 2.45) is 5.73 Å². The summed E-state index contributed by atoms with van der Waals surface area (Å²) in [5.74, 6) is 3.28. The molecule has 0 saturated heterocycles. The van der Waals surface area contributed by atoms with Crippen LogP contribution >= 0.6 is 0 Å². The van der Waals surface area contributed by atoms with E-state index < -0.39 is 0 Å². The van der Waals surface area contributed by atoms with Crippen LogP contribution in [0, 0.1) is 5.92 Å². The average Bonchev–Trinajstić information content (AvgIpc) is 2.50. The lowest BCUT2D eigenvalue weighted by molar-refractivity contribution is 0.474. The Morgan fingerprint density at radius 1 is 0.800 bits per heavy atom. The van der Waals surface area contributed by atoms with Crippen LogP contribution in [0.25, 0.3) is 0 Å². The van der Waals surface area contributed by atoms with Gasteiger partial charge >= 0.3 is 0 Å². The van der Waals surface area contributed by atoms with Crippen molar-refractivity contribution >= 4 is 0 Å². The molecule has 0 bridgehead atoms. The first kappa shape index (κ1) is 13.2. The summed E-state index contributed by atoms with van der Waals surface area (Å²) in [6, 6.07) is 18.7. The standard InChI is InChI=1S/C18H20NO/c19-16-10-6-14(7-11-16)15-8-12-18(13-9-15)20-17-4-2-1-3-5-17/h1-5,8-9,12-13,16H,6-7,10-11,19H2. The summed E-state index contributed by atoms with van der Waals surface area (Å²) < 4.78 is 5.81. The van der Waals surface area contributed by atoms with Crippen molar-refractivity contribution in [3.05, 3.63) is 66.1 Å². The van der Waals surface area contributed by atoms with Crippen LogP contribution in [-0.2, 0) is 0 Å². The Hall–Kier alpha value is -1.80. The molecule has 0 heterocycles. The summed E-state index contributed by atoms with van der Waals surface area (Å²) in [6.07, 6.45) is 4.47. The van der Waals surface area contributed by atoms with Crippen molar-refractivity contribution in [2.45, 2.75) is 31.7 Å². The second-order valence-corrected chi connectivity index (χ2v) is 5.38. The van der Waals surface area contributed by atoms with E-state index in [4.69, 9.17) is 10.5 Å². The van der Waals surface area contributed by atoms with Crippen LogP contribution in [0.5, 0.6) is 11.5 Å². The van der Waals surface area contributed by atoms with Crippen LogP contribution < -0.4 is 10.5 Å². The monoisotopic (exact) mass is 266 g/mol. The zero-order chi connectivity index (χ0) is 13.8. The first-order valence-corrected chi connectivity index (χ1v) is 7.25. The highest BCUT2D eigenvalue weighted by atomic mass is 16.5. The summed E-state index contributed by atoms with van der Waals surface area (Å²) >= 11 is 0. The maximum Gasteiger partial charge on any atom is 0.127 e. The Morgan fingerprint density at radius 3 is 2.05 bits per heavy atom. The van der Waals surface area contributed by atoms with Gasteiger partial charge in [-0.1, -0.05) is 30.3 Å². The molecule has 20 heavy (non-hydrogen) atoms. The molecule has 2 nitrogen and oxygen atoms in total. The van der Waals surface area contributed by atoms with Crippen LogP contribution in [0.4, 0.5) is 0 Å². The zero-order valence-corrected chi connectivity index (χ0v) is 11.6. The Labute approximate surface area is 120 Å². The number of ether oxygens (including phenoxy) is 1. The van der Waals surface area contributed by atoms with Gasteiger partial charge < -0.3 is 10.5 Å². The molecule has 103 valence electrons. The highest BCUT2D eigenvalue weighted by Gasteiger charge is 2.20. The van der Waals surface area contributed by atoms with Crippen LogP contribution in [0.15, 0.2) is 54.6 Å². The summed E-state index contributed by atoms with van der Waals surface area (Å²) in [6.45, 7) is 0. The normalized spacial score (nSPS) is 17.1. The molecule has 1 fully saturated rings. The maximum atomic E-state index is 5.95. The molecule has 1 aliphatic rings. The van der Waals surface area contributed by atoms with Gasteiger partial charge in [0.1, 0.15) is 11.5 Å². The summed E-state index contributed by atoms with van der Waals surface area (Å²) in [5.41, 5.74) is 7.28. The molecule has 0 atom stereocenters. The van der Waals surface area contributed by atoms with Crippen LogP contribution in [0.1, 0.15) is 31.2 Å². The van der Waals surface area contributed by atoms with Crippen LogP contribution in [0.3, 0.4) is 0 Å². The minimum absolute atomic E-state index is 0.388. The van der Waals surface area contributed by atoms with Crippen molar-refractivity contribution in [2.75, 3.05) is 0 Å². The van der Waals surface area contributed by atoms with E-state index in [0.717, 1.165) is 37.2 Å². The highest BCUT2D eigenvalue weighted by Crippen LogP contribution is 2.32. The molecule has 3 rings (SSSR count). The first-order chi connectivity index (χ1) is 9.81. The van der Waals surface area contributed by atoms with E-state index in [0.29, 0.717) is 6.04 Å². The van der Waals surface area contributed by atoms with Gasteiger partial charge in [-0.25, -0.2) is 0 Å². The zero-order valence-electron chi connectivity index (χ0n) is 11.6. The summed E-state index contributed by atoms with van der Waals surface area (Å²) in [7, 11) is 0. The molecule has 0 spiro atoms. The molecule has 0 unspecified atom stereocenters. The van der Waals surface area contributed by atoms with Gasteiger partial charge in [-0.05, 0) is 55.5 Å². The van der Waals surface area contributed by atoms with Gasteiger partial charge in [-0.3, -0.25) is 0 Å². The topological polar surface area (TPSA) is 35.2 Å². The molecule has 0 aliphatic heterocycles. The maximum absolute atomic E-state index is 5.95. The number of hydrogen-bond acceptors (Lipinski definition) is 2. The predicted octanol–water partition coefficient (Wildman–Crippen LogP) is 4.30. The van der Waals surface area contributed by atoms with E-state index in [1.54, 1.807) is 0 Å². The largest absolute Gasteiger partial charge is 0.457 e. The van der Waals surface area contributed by atoms with Gasteiger partial charge in [0.05, 0.1) is 0 Å². The van der Waals surface area contributed by atoms with Crippen molar-refractivity contribution < 1.29 is 4.74 Å². The number of hydrogen-bond donors (Lipinski definition) is 1. The van der Waals surface area contributed by atoms with E-state index in [2.05, 4.69) is 12.1 Å². The van der Waals surface area contributed by atoms with Crippen molar-refractivity contribution in [3.8, 4) is 11.5 Å². The van der Waals surface area contributed by atoms with Crippen LogP contribution in [0.2, 0.25) is 0 Å². The fourth-order valence-corrected chi connectivity index (χ4v) is 2.66.